The summed E-state index contributed by atoms with van der Waals surface area (Å²) in [7, 11) is 0. The maximum atomic E-state index is 6.13. The van der Waals surface area contributed by atoms with Gasteiger partial charge in [-0.1, -0.05) is 23.2 Å². The summed E-state index contributed by atoms with van der Waals surface area (Å²) in [5, 5.41) is 15.3. The third-order valence-corrected chi connectivity index (χ3v) is 4.12. The number of rotatable bonds is 6. The molecule has 0 unspecified atom stereocenters. The molecule has 2 heterocycles. The van der Waals surface area contributed by atoms with Crippen LogP contribution >= 0.6 is 23.2 Å². The van der Waals surface area contributed by atoms with Crippen molar-refractivity contribution in [3.05, 3.63) is 34.4 Å². The van der Waals surface area contributed by atoms with Crippen LogP contribution in [0.1, 0.15) is 0 Å². The highest BCUT2D eigenvalue weighted by atomic mass is 35.5. The molecule has 1 fully saturated rings. The molecule has 0 spiro atoms. The average Bonchev–Trinajstić information content (AvgIpc) is 2.59. The molecule has 0 amide bonds. The zero-order valence-corrected chi connectivity index (χ0v) is 14.5. The summed E-state index contributed by atoms with van der Waals surface area (Å²) in [5.41, 5.74) is 0.674. The lowest BCUT2D eigenvalue weighted by Crippen LogP contribution is -2.39. The van der Waals surface area contributed by atoms with Crippen LogP contribution in [-0.4, -0.2) is 59.5 Å². The minimum atomic E-state index is 0.371. The summed E-state index contributed by atoms with van der Waals surface area (Å²) < 4.78 is 5.33. The lowest BCUT2D eigenvalue weighted by atomic mass is 10.3. The molecule has 9 heteroatoms. The predicted octanol–water partition coefficient (Wildman–Crippen LogP) is 2.67. The van der Waals surface area contributed by atoms with Crippen molar-refractivity contribution in [3.8, 4) is 0 Å². The number of hydrogen-bond acceptors (Lipinski definition) is 7. The van der Waals surface area contributed by atoms with Gasteiger partial charge in [0.05, 0.1) is 30.1 Å². The second-order valence-corrected chi connectivity index (χ2v) is 6.14. The van der Waals surface area contributed by atoms with Crippen LogP contribution in [0.15, 0.2) is 24.4 Å². The monoisotopic (exact) mass is 368 g/mol. The molecule has 1 saturated heterocycles. The second-order valence-electron chi connectivity index (χ2n) is 5.30. The molecular weight excluding hydrogens is 351 g/mol. The quantitative estimate of drug-likeness (QED) is 0.811. The van der Waals surface area contributed by atoms with Crippen molar-refractivity contribution in [3.63, 3.8) is 0 Å². The molecule has 0 atom stereocenters. The zero-order valence-electron chi connectivity index (χ0n) is 13.0. The third-order valence-electron chi connectivity index (χ3n) is 3.57. The van der Waals surface area contributed by atoms with E-state index in [9.17, 15) is 0 Å². The number of anilines is 3. The van der Waals surface area contributed by atoms with E-state index in [0.29, 0.717) is 27.5 Å². The van der Waals surface area contributed by atoms with Gasteiger partial charge in [0.1, 0.15) is 0 Å². The Kier molecular flexibility index (Phi) is 6.03. The van der Waals surface area contributed by atoms with E-state index in [1.54, 1.807) is 24.4 Å². The van der Waals surface area contributed by atoms with Crippen LogP contribution in [0.4, 0.5) is 17.5 Å². The van der Waals surface area contributed by atoms with Gasteiger partial charge >= 0.3 is 0 Å². The van der Waals surface area contributed by atoms with E-state index >= 15 is 0 Å². The molecule has 7 nitrogen and oxygen atoms in total. The summed E-state index contributed by atoms with van der Waals surface area (Å²) in [6, 6.07) is 5.17. The van der Waals surface area contributed by atoms with Crippen molar-refractivity contribution >= 4 is 40.7 Å². The highest BCUT2D eigenvalue weighted by Gasteiger charge is 2.10. The summed E-state index contributed by atoms with van der Waals surface area (Å²) in [5.74, 6) is 1.03. The minimum absolute atomic E-state index is 0.371. The van der Waals surface area contributed by atoms with Gasteiger partial charge in [-0.15, -0.1) is 5.10 Å². The highest BCUT2D eigenvalue weighted by molar-refractivity contribution is 6.36. The summed E-state index contributed by atoms with van der Waals surface area (Å²) in [4.78, 5) is 6.73. The summed E-state index contributed by atoms with van der Waals surface area (Å²) in [6.45, 7) is 5.23. The Bertz CT molecular complexity index is 681. The van der Waals surface area contributed by atoms with Gasteiger partial charge in [-0.25, -0.2) is 0 Å². The number of halogens is 2. The van der Waals surface area contributed by atoms with E-state index in [-0.39, 0.29) is 0 Å². The molecule has 3 rings (SSSR count). The van der Waals surface area contributed by atoms with Gasteiger partial charge in [-0.2, -0.15) is 10.1 Å². The highest BCUT2D eigenvalue weighted by Crippen LogP contribution is 2.27. The normalized spacial score (nSPS) is 15.2. The van der Waals surface area contributed by atoms with Crippen LogP contribution in [0.3, 0.4) is 0 Å². The van der Waals surface area contributed by atoms with Crippen LogP contribution in [0, 0.1) is 0 Å². The molecule has 2 N–H and O–H groups in total. The first-order valence-corrected chi connectivity index (χ1v) is 8.42. The van der Waals surface area contributed by atoms with Crippen molar-refractivity contribution in [1.82, 2.24) is 20.1 Å². The third kappa shape index (κ3) is 4.91. The lowest BCUT2D eigenvalue weighted by molar-refractivity contribution is 0.0398. The van der Waals surface area contributed by atoms with Crippen molar-refractivity contribution in [2.24, 2.45) is 0 Å². The van der Waals surface area contributed by atoms with Crippen LogP contribution in [-0.2, 0) is 4.74 Å². The summed E-state index contributed by atoms with van der Waals surface area (Å²) >= 11 is 12.0. The van der Waals surface area contributed by atoms with E-state index in [4.69, 9.17) is 27.9 Å². The van der Waals surface area contributed by atoms with E-state index in [1.165, 1.54) is 0 Å². The Morgan fingerprint density at radius 1 is 1.21 bits per heavy atom. The van der Waals surface area contributed by atoms with Gasteiger partial charge in [-0.3, -0.25) is 4.90 Å². The molecule has 1 aliphatic rings. The number of morpholine rings is 1. The molecule has 128 valence electrons. The van der Waals surface area contributed by atoms with E-state index in [0.717, 1.165) is 39.4 Å². The zero-order chi connectivity index (χ0) is 16.8. The molecule has 1 aliphatic heterocycles. The topological polar surface area (TPSA) is 75.2 Å². The Morgan fingerprint density at radius 2 is 2.04 bits per heavy atom. The number of hydrogen-bond donors (Lipinski definition) is 2. The number of nitrogens with one attached hydrogen (secondary N) is 2. The average molecular weight is 369 g/mol. The number of aromatic nitrogens is 3. The first-order chi connectivity index (χ1) is 11.7. The molecule has 2 aromatic rings. The van der Waals surface area contributed by atoms with Crippen molar-refractivity contribution in [2.75, 3.05) is 50.0 Å². The first kappa shape index (κ1) is 17.2. The Morgan fingerprint density at radius 3 is 2.83 bits per heavy atom. The number of benzene rings is 1. The first-order valence-electron chi connectivity index (χ1n) is 7.66. The molecule has 0 radical (unpaired) electrons. The van der Waals surface area contributed by atoms with Crippen LogP contribution < -0.4 is 10.6 Å². The minimum Gasteiger partial charge on any atom is -0.379 e. The standard InChI is InChI=1S/C15H18Cl2N6O/c16-11-1-2-13(12(17)9-11)20-15-21-14(10-19-22-15)18-3-4-23-5-7-24-8-6-23/h1-2,9-10H,3-8H2,(H2,18,20,21,22). The number of ether oxygens (including phenoxy) is 1. The van der Waals surface area contributed by atoms with Gasteiger partial charge < -0.3 is 15.4 Å². The number of nitrogens with zero attached hydrogens (tertiary/aromatic N) is 4. The van der Waals surface area contributed by atoms with Crippen molar-refractivity contribution < 1.29 is 4.74 Å². The molecule has 0 bridgehead atoms. The van der Waals surface area contributed by atoms with Gasteiger partial charge in [0.2, 0.25) is 5.95 Å². The van der Waals surface area contributed by atoms with Gasteiger partial charge in [0, 0.05) is 31.2 Å². The maximum absolute atomic E-state index is 6.13. The fraction of sp³-hybridized carbons (Fsp3) is 0.400. The Hall–Kier alpha value is -1.67. The second kappa shape index (κ2) is 8.43. The largest absolute Gasteiger partial charge is 0.379 e. The van der Waals surface area contributed by atoms with Crippen LogP contribution in [0.2, 0.25) is 10.0 Å². The fourth-order valence-electron chi connectivity index (χ4n) is 2.32. The molecule has 1 aromatic heterocycles. The van der Waals surface area contributed by atoms with Crippen LogP contribution in [0.25, 0.3) is 0 Å². The van der Waals surface area contributed by atoms with Crippen LogP contribution in [0.5, 0.6) is 0 Å². The van der Waals surface area contributed by atoms with Crippen molar-refractivity contribution in [2.45, 2.75) is 0 Å². The van der Waals surface area contributed by atoms with Gasteiger partial charge in [-0.05, 0) is 18.2 Å². The Labute approximate surface area is 150 Å². The van der Waals surface area contributed by atoms with Gasteiger partial charge in [0.15, 0.2) is 5.82 Å². The maximum Gasteiger partial charge on any atom is 0.249 e. The molecule has 1 aromatic carbocycles. The van der Waals surface area contributed by atoms with Crippen molar-refractivity contribution in [1.29, 1.82) is 0 Å². The fourth-order valence-corrected chi connectivity index (χ4v) is 2.78. The summed E-state index contributed by atoms with van der Waals surface area (Å²) in [6.07, 6.45) is 1.59. The van der Waals surface area contributed by atoms with Gasteiger partial charge in [0.25, 0.3) is 0 Å². The van der Waals surface area contributed by atoms with E-state index < -0.39 is 0 Å². The molecular formula is C15H18Cl2N6O. The molecule has 0 aliphatic carbocycles. The Balaban J connectivity index is 1.55. The SMILES string of the molecule is Clc1ccc(Nc2nncc(NCCN3CCOCC3)n2)c(Cl)c1. The van der Waals surface area contributed by atoms with E-state index in [1.807, 2.05) is 0 Å². The smallest absolute Gasteiger partial charge is 0.249 e. The molecule has 24 heavy (non-hydrogen) atoms. The van der Waals surface area contributed by atoms with E-state index in [2.05, 4.69) is 30.7 Å². The predicted molar refractivity (Wildman–Crippen MR) is 95.3 cm³/mol. The lowest BCUT2D eigenvalue weighted by Gasteiger charge is -2.26. The molecule has 0 saturated carbocycles.